The van der Waals surface area contributed by atoms with Gasteiger partial charge in [-0.2, -0.15) is 0 Å². The van der Waals surface area contributed by atoms with Crippen LogP contribution in [-0.4, -0.2) is 39.6 Å². The smallest absolute Gasteiger partial charge is 0.257 e. The molecule has 1 unspecified atom stereocenters. The Hall–Kier alpha value is -3.03. The van der Waals surface area contributed by atoms with Gasteiger partial charge in [0.25, 0.3) is 5.56 Å². The molecule has 1 aliphatic carbocycles. The molecule has 7 nitrogen and oxygen atoms in total. The summed E-state index contributed by atoms with van der Waals surface area (Å²) in [6.07, 6.45) is 5.27. The highest BCUT2D eigenvalue weighted by atomic mass is 16.1. The van der Waals surface area contributed by atoms with E-state index in [1.165, 1.54) is 0 Å². The van der Waals surface area contributed by atoms with Gasteiger partial charge >= 0.3 is 0 Å². The van der Waals surface area contributed by atoms with E-state index >= 15 is 0 Å². The minimum absolute atomic E-state index is 0.0207. The Balaban J connectivity index is 1.76. The number of rotatable bonds is 10. The molecule has 0 saturated carbocycles. The molecule has 7 heteroatoms. The van der Waals surface area contributed by atoms with Gasteiger partial charge in [0.1, 0.15) is 5.82 Å². The van der Waals surface area contributed by atoms with Gasteiger partial charge in [-0.25, -0.2) is 4.98 Å². The Bertz CT molecular complexity index is 1170. The number of nitrogens with one attached hydrogen (secondary N) is 2. The van der Waals surface area contributed by atoms with Crippen molar-refractivity contribution < 1.29 is 0 Å². The molecule has 1 aromatic carbocycles. The molecule has 3 aromatic rings. The van der Waals surface area contributed by atoms with Crippen LogP contribution >= 0.6 is 0 Å². The van der Waals surface area contributed by atoms with E-state index in [0.29, 0.717) is 13.1 Å². The summed E-state index contributed by atoms with van der Waals surface area (Å²) >= 11 is 0. The van der Waals surface area contributed by atoms with Gasteiger partial charge in [-0.05, 0) is 43.9 Å². The summed E-state index contributed by atoms with van der Waals surface area (Å²) < 4.78 is 1.90. The molecule has 0 aliphatic heterocycles. The predicted octanol–water partition coefficient (Wildman–Crippen LogP) is 2.64. The van der Waals surface area contributed by atoms with Gasteiger partial charge in [0.05, 0.1) is 18.3 Å². The molecule has 0 fully saturated rings. The fraction of sp³-hybridized carbons (Fsp3) is 0.423. The number of pyridine rings is 1. The van der Waals surface area contributed by atoms with Crippen LogP contribution in [-0.2, 0) is 25.9 Å². The Labute approximate surface area is 194 Å². The van der Waals surface area contributed by atoms with Crippen LogP contribution in [0.2, 0.25) is 0 Å². The summed E-state index contributed by atoms with van der Waals surface area (Å²) in [4.78, 5) is 35.4. The molecule has 0 radical (unpaired) electrons. The van der Waals surface area contributed by atoms with E-state index in [-0.39, 0.29) is 17.2 Å². The van der Waals surface area contributed by atoms with Crippen LogP contribution in [0.4, 0.5) is 0 Å². The zero-order chi connectivity index (χ0) is 23.2. The van der Waals surface area contributed by atoms with Gasteiger partial charge in [-0.1, -0.05) is 43.3 Å². The zero-order valence-corrected chi connectivity index (χ0v) is 19.5. The third-order valence-electron chi connectivity index (χ3n) is 6.41. The number of hydrogen-bond donors (Lipinski definition) is 2. The first kappa shape index (κ1) is 23.1. The SMILES string of the molecule is CCC(c1nc2c(c(=O)n1Cc1ccccc1)CCC2)N(CCNC)Cc1ccc(=O)[nH]c1. The second-order valence-corrected chi connectivity index (χ2v) is 8.68. The van der Waals surface area contributed by atoms with Gasteiger partial charge in [-0.15, -0.1) is 0 Å². The van der Waals surface area contributed by atoms with E-state index in [1.54, 1.807) is 12.3 Å². The third kappa shape index (κ3) is 5.31. The third-order valence-corrected chi connectivity index (χ3v) is 6.41. The lowest BCUT2D eigenvalue weighted by molar-refractivity contribution is 0.171. The average Bonchev–Trinajstić information content (AvgIpc) is 3.31. The van der Waals surface area contributed by atoms with Crippen LogP contribution in [0, 0.1) is 0 Å². The number of aryl methyl sites for hydroxylation is 1. The van der Waals surface area contributed by atoms with Crippen molar-refractivity contribution in [3.63, 3.8) is 0 Å². The van der Waals surface area contributed by atoms with E-state index in [9.17, 15) is 9.59 Å². The minimum Gasteiger partial charge on any atom is -0.329 e. The maximum atomic E-state index is 13.6. The van der Waals surface area contributed by atoms with Crippen molar-refractivity contribution in [2.45, 2.75) is 51.7 Å². The second-order valence-electron chi connectivity index (χ2n) is 8.68. The molecule has 4 rings (SSSR count). The molecule has 2 N–H and O–H groups in total. The average molecular weight is 448 g/mol. The number of benzene rings is 1. The second kappa shape index (κ2) is 10.7. The van der Waals surface area contributed by atoms with Crippen molar-refractivity contribution in [1.29, 1.82) is 0 Å². The van der Waals surface area contributed by atoms with Crippen molar-refractivity contribution in [1.82, 2.24) is 24.8 Å². The number of aromatic amines is 1. The van der Waals surface area contributed by atoms with Crippen molar-refractivity contribution in [2.75, 3.05) is 20.1 Å². The number of H-pyrrole nitrogens is 1. The zero-order valence-electron chi connectivity index (χ0n) is 19.5. The summed E-state index contributed by atoms with van der Waals surface area (Å²) in [7, 11) is 1.94. The largest absolute Gasteiger partial charge is 0.329 e. The van der Waals surface area contributed by atoms with Gasteiger partial charge < -0.3 is 10.3 Å². The molecular weight excluding hydrogens is 414 g/mol. The number of fused-ring (bicyclic) bond motifs is 1. The van der Waals surface area contributed by atoms with Crippen LogP contribution < -0.4 is 16.4 Å². The highest BCUT2D eigenvalue weighted by molar-refractivity contribution is 5.26. The van der Waals surface area contributed by atoms with Gasteiger partial charge in [-0.3, -0.25) is 19.1 Å². The van der Waals surface area contributed by atoms with E-state index in [2.05, 4.69) is 34.3 Å². The fourth-order valence-electron chi connectivity index (χ4n) is 4.70. The normalized spacial score (nSPS) is 13.9. The predicted molar refractivity (Wildman–Crippen MR) is 130 cm³/mol. The van der Waals surface area contributed by atoms with Crippen LogP contribution in [0.5, 0.6) is 0 Å². The van der Waals surface area contributed by atoms with Crippen LogP contribution in [0.15, 0.2) is 58.3 Å². The molecule has 33 heavy (non-hydrogen) atoms. The molecule has 1 aliphatic rings. The minimum atomic E-state index is -0.107. The highest BCUT2D eigenvalue weighted by Crippen LogP contribution is 2.27. The molecule has 0 bridgehead atoms. The van der Waals surface area contributed by atoms with E-state index < -0.39 is 0 Å². The molecule has 0 spiro atoms. The molecule has 2 heterocycles. The molecule has 1 atom stereocenters. The van der Waals surface area contributed by atoms with Crippen LogP contribution in [0.1, 0.15) is 54.0 Å². The van der Waals surface area contributed by atoms with Crippen molar-refractivity contribution in [2.24, 2.45) is 0 Å². The number of nitrogens with zero attached hydrogens (tertiary/aromatic N) is 3. The molecule has 174 valence electrons. The first-order valence-corrected chi connectivity index (χ1v) is 11.8. The van der Waals surface area contributed by atoms with Crippen molar-refractivity contribution >= 4 is 0 Å². The summed E-state index contributed by atoms with van der Waals surface area (Å²) in [5.41, 5.74) is 3.97. The monoisotopic (exact) mass is 447 g/mol. The molecule has 0 amide bonds. The van der Waals surface area contributed by atoms with E-state index in [0.717, 1.165) is 67.0 Å². The number of aromatic nitrogens is 3. The van der Waals surface area contributed by atoms with Gasteiger partial charge in [0.15, 0.2) is 0 Å². The Kier molecular flexibility index (Phi) is 7.52. The summed E-state index contributed by atoms with van der Waals surface area (Å²) in [6, 6.07) is 13.5. The first-order valence-electron chi connectivity index (χ1n) is 11.8. The van der Waals surface area contributed by atoms with Crippen molar-refractivity contribution in [3.8, 4) is 0 Å². The fourth-order valence-corrected chi connectivity index (χ4v) is 4.70. The Morgan fingerprint density at radius 2 is 1.94 bits per heavy atom. The van der Waals surface area contributed by atoms with E-state index in [4.69, 9.17) is 4.98 Å². The Morgan fingerprint density at radius 3 is 2.64 bits per heavy atom. The quantitative estimate of drug-likeness (QED) is 0.499. The lowest BCUT2D eigenvalue weighted by Gasteiger charge is -2.32. The molecule has 0 saturated heterocycles. The lowest BCUT2D eigenvalue weighted by atomic mass is 10.1. The van der Waals surface area contributed by atoms with Crippen molar-refractivity contribution in [3.05, 3.63) is 97.6 Å². The van der Waals surface area contributed by atoms with E-state index in [1.807, 2.05) is 35.9 Å². The highest BCUT2D eigenvalue weighted by Gasteiger charge is 2.28. The maximum Gasteiger partial charge on any atom is 0.257 e. The topological polar surface area (TPSA) is 83.0 Å². The molecule has 2 aromatic heterocycles. The summed E-state index contributed by atoms with van der Waals surface area (Å²) in [5.74, 6) is 0.840. The Morgan fingerprint density at radius 1 is 1.12 bits per heavy atom. The van der Waals surface area contributed by atoms with Gasteiger partial charge in [0, 0.05) is 37.5 Å². The molecular formula is C26H33N5O2. The lowest BCUT2D eigenvalue weighted by Crippen LogP contribution is -2.39. The number of likely N-dealkylation sites (N-methyl/N-ethyl adjacent to an activating group) is 1. The van der Waals surface area contributed by atoms with Crippen LogP contribution in [0.25, 0.3) is 0 Å². The summed E-state index contributed by atoms with van der Waals surface area (Å²) in [6.45, 7) is 4.94. The van der Waals surface area contributed by atoms with Crippen LogP contribution in [0.3, 0.4) is 0 Å². The first-order chi connectivity index (χ1) is 16.1. The standard InChI is InChI=1S/C26H33N5O2/c1-3-23(30(15-14-27-2)17-20-12-13-24(32)28-16-20)25-29-22-11-7-10-21(22)26(33)31(25)18-19-8-5-4-6-9-19/h4-6,8-9,12-13,16,23,27H,3,7,10-11,14-15,17-18H2,1-2H3,(H,28,32). The number of hydrogen-bond acceptors (Lipinski definition) is 5. The maximum absolute atomic E-state index is 13.6. The summed E-state index contributed by atoms with van der Waals surface area (Å²) in [5, 5.41) is 3.24. The van der Waals surface area contributed by atoms with Gasteiger partial charge in [0.2, 0.25) is 5.56 Å².